The van der Waals surface area contributed by atoms with Crippen molar-refractivity contribution in [2.45, 2.75) is 39.8 Å². The van der Waals surface area contributed by atoms with E-state index in [1.807, 2.05) is 12.1 Å². The second-order valence-electron chi connectivity index (χ2n) is 6.04. The number of likely N-dealkylation sites (N-methyl/N-ethyl adjacent to an activating group) is 1. The molecule has 0 aromatic heterocycles. The summed E-state index contributed by atoms with van der Waals surface area (Å²) in [5.41, 5.74) is 2.59. The lowest BCUT2D eigenvalue weighted by molar-refractivity contribution is 0.305. The quantitative estimate of drug-likeness (QED) is 0.820. The highest BCUT2D eigenvalue weighted by Crippen LogP contribution is 2.15. The Morgan fingerprint density at radius 1 is 1.26 bits per heavy atom. The number of benzene rings is 1. The highest BCUT2D eigenvalue weighted by atomic mass is 35.5. The van der Waals surface area contributed by atoms with Crippen molar-refractivity contribution < 1.29 is 0 Å². The Balaban J connectivity index is 2.59. The van der Waals surface area contributed by atoms with Crippen LogP contribution < -0.4 is 5.32 Å². The molecule has 2 nitrogen and oxygen atoms in total. The fourth-order valence-electron chi connectivity index (χ4n) is 2.34. The molecule has 0 aliphatic carbocycles. The van der Waals surface area contributed by atoms with E-state index in [9.17, 15) is 0 Å². The van der Waals surface area contributed by atoms with Crippen molar-refractivity contribution in [1.82, 2.24) is 10.2 Å². The molecule has 1 aromatic carbocycles. The molecule has 1 atom stereocenters. The Morgan fingerprint density at radius 3 is 2.47 bits per heavy atom. The molecular weight excluding hydrogens is 256 g/mol. The van der Waals surface area contributed by atoms with Crippen molar-refractivity contribution in [3.63, 3.8) is 0 Å². The van der Waals surface area contributed by atoms with Gasteiger partial charge in [-0.05, 0) is 56.6 Å². The molecule has 0 saturated heterocycles. The first-order valence-electron chi connectivity index (χ1n) is 7.01. The molecule has 0 amide bonds. The van der Waals surface area contributed by atoms with Crippen LogP contribution in [-0.4, -0.2) is 31.6 Å². The fourth-order valence-corrected chi connectivity index (χ4v) is 2.57. The summed E-state index contributed by atoms with van der Waals surface area (Å²) in [6, 6.07) is 6.65. The number of nitrogens with one attached hydrogen (secondary N) is 1. The zero-order valence-electron chi connectivity index (χ0n) is 12.8. The number of nitrogens with zero attached hydrogens (tertiary/aromatic N) is 1. The molecule has 108 valence electrons. The maximum Gasteiger partial charge on any atom is 0.0408 e. The molecule has 1 rings (SSSR count). The van der Waals surface area contributed by atoms with Crippen LogP contribution in [0.2, 0.25) is 5.02 Å². The molecule has 1 aromatic rings. The Hall–Kier alpha value is -0.570. The van der Waals surface area contributed by atoms with Gasteiger partial charge in [-0.2, -0.15) is 0 Å². The largest absolute Gasteiger partial charge is 0.309 e. The summed E-state index contributed by atoms with van der Waals surface area (Å²) < 4.78 is 0. The number of aryl methyl sites for hydroxylation is 1. The first-order valence-corrected chi connectivity index (χ1v) is 7.39. The molecule has 0 fully saturated rings. The van der Waals surface area contributed by atoms with Gasteiger partial charge >= 0.3 is 0 Å². The van der Waals surface area contributed by atoms with Crippen molar-refractivity contribution in [2.24, 2.45) is 5.92 Å². The zero-order valence-corrected chi connectivity index (χ0v) is 13.6. The second kappa shape index (κ2) is 7.88. The molecule has 1 N–H and O–H groups in total. The summed E-state index contributed by atoms with van der Waals surface area (Å²) in [5, 5.41) is 4.49. The highest BCUT2D eigenvalue weighted by Gasteiger charge is 2.12. The van der Waals surface area contributed by atoms with Crippen LogP contribution in [0, 0.1) is 12.8 Å². The van der Waals surface area contributed by atoms with Crippen LogP contribution in [0.25, 0.3) is 0 Å². The van der Waals surface area contributed by atoms with Gasteiger partial charge in [0.2, 0.25) is 0 Å². The molecular formula is C16H27ClN2. The first-order chi connectivity index (χ1) is 8.88. The third-order valence-electron chi connectivity index (χ3n) is 3.23. The van der Waals surface area contributed by atoms with E-state index >= 15 is 0 Å². The van der Waals surface area contributed by atoms with Crippen LogP contribution in [0.3, 0.4) is 0 Å². The predicted octanol–water partition coefficient (Wildman–Crippen LogP) is 3.71. The minimum absolute atomic E-state index is 0.532. The van der Waals surface area contributed by atoms with Gasteiger partial charge in [-0.25, -0.2) is 0 Å². The Labute approximate surface area is 123 Å². The average molecular weight is 283 g/mol. The lowest BCUT2D eigenvalue weighted by Crippen LogP contribution is -2.38. The predicted molar refractivity (Wildman–Crippen MR) is 84.8 cm³/mol. The zero-order chi connectivity index (χ0) is 14.4. The monoisotopic (exact) mass is 282 g/mol. The molecule has 3 heteroatoms. The molecule has 0 spiro atoms. The molecule has 1 unspecified atom stereocenters. The number of halogens is 1. The van der Waals surface area contributed by atoms with E-state index in [2.05, 4.69) is 51.1 Å². The van der Waals surface area contributed by atoms with E-state index in [0.717, 1.165) is 18.1 Å². The fraction of sp³-hybridized carbons (Fsp3) is 0.625. The van der Waals surface area contributed by atoms with Gasteiger partial charge in [0.1, 0.15) is 0 Å². The van der Waals surface area contributed by atoms with Gasteiger partial charge in [-0.3, -0.25) is 0 Å². The second-order valence-corrected chi connectivity index (χ2v) is 6.48. The van der Waals surface area contributed by atoms with Crippen LogP contribution in [0.15, 0.2) is 18.2 Å². The third-order valence-corrected chi connectivity index (χ3v) is 3.46. The minimum atomic E-state index is 0.532. The van der Waals surface area contributed by atoms with E-state index in [4.69, 9.17) is 11.6 Å². The van der Waals surface area contributed by atoms with Crippen LogP contribution in [0.4, 0.5) is 0 Å². The van der Waals surface area contributed by atoms with E-state index in [0.29, 0.717) is 12.0 Å². The highest BCUT2D eigenvalue weighted by molar-refractivity contribution is 6.30. The van der Waals surface area contributed by atoms with E-state index in [-0.39, 0.29) is 0 Å². The maximum atomic E-state index is 5.99. The average Bonchev–Trinajstić information content (AvgIpc) is 2.25. The number of rotatable bonds is 7. The van der Waals surface area contributed by atoms with Gasteiger partial charge in [0.15, 0.2) is 0 Å². The van der Waals surface area contributed by atoms with Crippen LogP contribution in [0.1, 0.15) is 31.4 Å². The minimum Gasteiger partial charge on any atom is -0.309 e. The van der Waals surface area contributed by atoms with Crippen molar-refractivity contribution >= 4 is 11.6 Å². The summed E-state index contributed by atoms with van der Waals surface area (Å²) in [6.07, 6.45) is 1.20. The van der Waals surface area contributed by atoms with Gasteiger partial charge in [-0.15, -0.1) is 0 Å². The topological polar surface area (TPSA) is 15.3 Å². The molecule has 0 bridgehead atoms. The lowest BCUT2D eigenvalue weighted by atomic mass is 10.0. The van der Waals surface area contributed by atoms with Crippen LogP contribution in [0.5, 0.6) is 0 Å². The molecule has 19 heavy (non-hydrogen) atoms. The van der Waals surface area contributed by atoms with Crippen molar-refractivity contribution in [3.8, 4) is 0 Å². The van der Waals surface area contributed by atoms with E-state index < -0.39 is 0 Å². The van der Waals surface area contributed by atoms with Crippen LogP contribution in [-0.2, 0) is 6.54 Å². The number of hydrogen-bond acceptors (Lipinski definition) is 2. The Kier molecular flexibility index (Phi) is 6.84. The maximum absolute atomic E-state index is 5.99. The standard InChI is InChI=1S/C16H27ClN2/c1-12(2)8-16(11-19(4)5)18-10-14-6-7-15(17)9-13(14)3/h6-7,9,12,16,18H,8,10-11H2,1-5H3. The van der Waals surface area contributed by atoms with Gasteiger partial charge in [-0.1, -0.05) is 31.5 Å². The van der Waals surface area contributed by atoms with Gasteiger partial charge in [0.25, 0.3) is 0 Å². The van der Waals surface area contributed by atoms with Crippen molar-refractivity contribution in [3.05, 3.63) is 34.3 Å². The molecule has 0 saturated carbocycles. The molecule has 0 heterocycles. The lowest BCUT2D eigenvalue weighted by Gasteiger charge is -2.24. The summed E-state index contributed by atoms with van der Waals surface area (Å²) in [4.78, 5) is 2.24. The number of hydrogen-bond donors (Lipinski definition) is 1. The van der Waals surface area contributed by atoms with Gasteiger partial charge in [0.05, 0.1) is 0 Å². The SMILES string of the molecule is Cc1cc(Cl)ccc1CNC(CC(C)C)CN(C)C. The summed E-state index contributed by atoms with van der Waals surface area (Å²) in [5.74, 6) is 0.712. The van der Waals surface area contributed by atoms with E-state index in [1.54, 1.807) is 0 Å². The van der Waals surface area contributed by atoms with Crippen molar-refractivity contribution in [2.75, 3.05) is 20.6 Å². The summed E-state index contributed by atoms with van der Waals surface area (Å²) in [6.45, 7) is 8.65. The summed E-state index contributed by atoms with van der Waals surface area (Å²) >= 11 is 5.99. The molecule has 0 radical (unpaired) electrons. The normalized spacial score (nSPS) is 13.3. The summed E-state index contributed by atoms with van der Waals surface area (Å²) in [7, 11) is 4.26. The van der Waals surface area contributed by atoms with Crippen LogP contribution >= 0.6 is 11.6 Å². The van der Waals surface area contributed by atoms with Gasteiger partial charge in [0, 0.05) is 24.2 Å². The van der Waals surface area contributed by atoms with E-state index in [1.165, 1.54) is 17.5 Å². The smallest absolute Gasteiger partial charge is 0.0408 e. The Morgan fingerprint density at radius 2 is 1.95 bits per heavy atom. The third kappa shape index (κ3) is 6.42. The first kappa shape index (κ1) is 16.5. The molecule has 0 aliphatic heterocycles. The molecule has 0 aliphatic rings. The Bertz CT molecular complexity index is 378. The van der Waals surface area contributed by atoms with Gasteiger partial charge < -0.3 is 10.2 Å². The van der Waals surface area contributed by atoms with Crippen molar-refractivity contribution in [1.29, 1.82) is 0 Å².